The number of pyridine rings is 1. The zero-order chi connectivity index (χ0) is 14.2. The molecular weight excluding hydrogens is 248 g/mol. The maximum atomic E-state index is 6.29. The second kappa shape index (κ2) is 5.36. The zero-order valence-corrected chi connectivity index (χ0v) is 12.9. The molecule has 3 nitrogen and oxygen atoms in total. The number of fused-ring (bicyclic) bond motifs is 1. The SMILES string of the molecule is CCC1(CC)CC(Oc2ccnc3c2CCNC3C)C1. The summed E-state index contributed by atoms with van der Waals surface area (Å²) in [5, 5.41) is 3.46. The van der Waals surface area contributed by atoms with E-state index in [9.17, 15) is 0 Å². The maximum absolute atomic E-state index is 6.29. The van der Waals surface area contributed by atoms with Gasteiger partial charge in [-0.2, -0.15) is 0 Å². The van der Waals surface area contributed by atoms with Crippen molar-refractivity contribution in [1.29, 1.82) is 0 Å². The van der Waals surface area contributed by atoms with Crippen LogP contribution in [0.15, 0.2) is 12.3 Å². The van der Waals surface area contributed by atoms with Gasteiger partial charge >= 0.3 is 0 Å². The van der Waals surface area contributed by atoms with E-state index in [2.05, 4.69) is 37.1 Å². The first-order valence-corrected chi connectivity index (χ1v) is 8.05. The van der Waals surface area contributed by atoms with Crippen LogP contribution < -0.4 is 10.1 Å². The normalized spacial score (nSPS) is 24.9. The number of ether oxygens (including phenoxy) is 1. The summed E-state index contributed by atoms with van der Waals surface area (Å²) < 4.78 is 6.29. The molecule has 3 rings (SSSR count). The summed E-state index contributed by atoms with van der Waals surface area (Å²) in [6, 6.07) is 2.39. The number of nitrogens with one attached hydrogen (secondary N) is 1. The molecule has 0 radical (unpaired) electrons. The molecule has 0 bridgehead atoms. The lowest BCUT2D eigenvalue weighted by atomic mass is 9.63. The van der Waals surface area contributed by atoms with Gasteiger partial charge in [0.1, 0.15) is 5.75 Å². The van der Waals surface area contributed by atoms with E-state index in [1.807, 2.05) is 6.20 Å². The van der Waals surface area contributed by atoms with Gasteiger partial charge in [-0.3, -0.25) is 4.98 Å². The second-order valence-corrected chi connectivity index (χ2v) is 6.45. The molecule has 1 saturated carbocycles. The standard InChI is InChI=1S/C17H26N2O/c1-4-17(5-2)10-13(11-17)20-15-7-9-19-16-12(3)18-8-6-14(15)16/h7,9,12-13,18H,4-6,8,10-11H2,1-3H3. The molecule has 0 saturated heterocycles. The van der Waals surface area contributed by atoms with E-state index in [0.29, 0.717) is 17.6 Å². The number of hydrogen-bond acceptors (Lipinski definition) is 3. The van der Waals surface area contributed by atoms with Gasteiger partial charge in [0, 0.05) is 17.8 Å². The van der Waals surface area contributed by atoms with Gasteiger partial charge in [-0.1, -0.05) is 26.7 Å². The van der Waals surface area contributed by atoms with Gasteiger partial charge in [0.2, 0.25) is 0 Å². The molecule has 2 aliphatic rings. The first-order chi connectivity index (χ1) is 9.67. The van der Waals surface area contributed by atoms with Gasteiger partial charge < -0.3 is 10.1 Å². The Labute approximate surface area is 122 Å². The van der Waals surface area contributed by atoms with E-state index in [1.165, 1.54) is 36.9 Å². The van der Waals surface area contributed by atoms with E-state index >= 15 is 0 Å². The van der Waals surface area contributed by atoms with Gasteiger partial charge in [0.05, 0.1) is 11.8 Å². The van der Waals surface area contributed by atoms with Crippen LogP contribution in [-0.4, -0.2) is 17.6 Å². The molecule has 1 aliphatic heterocycles. The lowest BCUT2D eigenvalue weighted by molar-refractivity contribution is -0.0211. The molecule has 110 valence electrons. The Bertz CT molecular complexity index is 474. The molecule has 3 heteroatoms. The minimum Gasteiger partial charge on any atom is -0.490 e. The summed E-state index contributed by atoms with van der Waals surface area (Å²) >= 11 is 0. The molecule has 0 amide bonds. The van der Waals surface area contributed by atoms with Crippen molar-refractivity contribution in [2.75, 3.05) is 6.54 Å². The number of aromatic nitrogens is 1. The van der Waals surface area contributed by atoms with Crippen molar-refractivity contribution < 1.29 is 4.74 Å². The van der Waals surface area contributed by atoms with Crippen molar-refractivity contribution in [3.05, 3.63) is 23.5 Å². The van der Waals surface area contributed by atoms with Gasteiger partial charge in [-0.15, -0.1) is 0 Å². The van der Waals surface area contributed by atoms with E-state index in [1.54, 1.807) is 0 Å². The first kappa shape index (κ1) is 13.9. The number of hydrogen-bond donors (Lipinski definition) is 1. The summed E-state index contributed by atoms with van der Waals surface area (Å²) in [5.74, 6) is 1.08. The highest BCUT2D eigenvalue weighted by atomic mass is 16.5. The van der Waals surface area contributed by atoms with Crippen LogP contribution >= 0.6 is 0 Å². The highest BCUT2D eigenvalue weighted by molar-refractivity contribution is 5.39. The molecular formula is C17H26N2O. The minimum atomic E-state index is 0.342. The third-order valence-electron chi connectivity index (χ3n) is 5.40. The summed E-state index contributed by atoms with van der Waals surface area (Å²) in [6.07, 6.45) is 8.31. The van der Waals surface area contributed by atoms with Crippen LogP contribution in [0.3, 0.4) is 0 Å². The molecule has 1 atom stereocenters. The molecule has 1 N–H and O–H groups in total. The molecule has 1 aliphatic carbocycles. The van der Waals surface area contributed by atoms with Crippen LogP contribution in [0.25, 0.3) is 0 Å². The Morgan fingerprint density at radius 2 is 2.10 bits per heavy atom. The van der Waals surface area contributed by atoms with Crippen molar-refractivity contribution in [1.82, 2.24) is 10.3 Å². The van der Waals surface area contributed by atoms with Crippen molar-refractivity contribution in [2.45, 2.75) is 65.0 Å². The Morgan fingerprint density at radius 3 is 2.80 bits per heavy atom. The minimum absolute atomic E-state index is 0.342. The Balaban J connectivity index is 1.72. The monoisotopic (exact) mass is 274 g/mol. The fourth-order valence-corrected chi connectivity index (χ4v) is 3.73. The number of nitrogens with zero attached hydrogens (tertiary/aromatic N) is 1. The zero-order valence-electron chi connectivity index (χ0n) is 12.9. The van der Waals surface area contributed by atoms with Crippen molar-refractivity contribution in [3.63, 3.8) is 0 Å². The largest absolute Gasteiger partial charge is 0.490 e. The fourth-order valence-electron chi connectivity index (χ4n) is 3.73. The van der Waals surface area contributed by atoms with Crippen LogP contribution in [0.2, 0.25) is 0 Å². The molecule has 20 heavy (non-hydrogen) atoms. The molecule has 1 aromatic rings. The van der Waals surface area contributed by atoms with Crippen LogP contribution in [0.5, 0.6) is 5.75 Å². The molecule has 1 aromatic heterocycles. The second-order valence-electron chi connectivity index (χ2n) is 6.45. The highest BCUT2D eigenvalue weighted by Gasteiger charge is 2.43. The van der Waals surface area contributed by atoms with E-state index in [4.69, 9.17) is 4.74 Å². The fraction of sp³-hybridized carbons (Fsp3) is 0.706. The molecule has 0 spiro atoms. The van der Waals surface area contributed by atoms with Gasteiger partial charge in [0.15, 0.2) is 0 Å². The van der Waals surface area contributed by atoms with Crippen LogP contribution in [0, 0.1) is 5.41 Å². The molecule has 1 fully saturated rings. The Kier molecular flexibility index (Phi) is 3.72. The summed E-state index contributed by atoms with van der Waals surface area (Å²) in [6.45, 7) is 7.81. The third-order valence-corrected chi connectivity index (χ3v) is 5.40. The predicted molar refractivity (Wildman–Crippen MR) is 81.0 cm³/mol. The number of rotatable bonds is 4. The van der Waals surface area contributed by atoms with Crippen molar-refractivity contribution >= 4 is 0 Å². The van der Waals surface area contributed by atoms with Crippen molar-refractivity contribution in [3.8, 4) is 5.75 Å². The van der Waals surface area contributed by atoms with E-state index in [0.717, 1.165) is 18.7 Å². The average Bonchev–Trinajstić information content (AvgIpc) is 2.43. The average molecular weight is 274 g/mol. The highest BCUT2D eigenvalue weighted by Crippen LogP contribution is 2.48. The van der Waals surface area contributed by atoms with Crippen LogP contribution in [0.1, 0.15) is 63.8 Å². The van der Waals surface area contributed by atoms with Crippen LogP contribution in [-0.2, 0) is 6.42 Å². The molecule has 1 unspecified atom stereocenters. The summed E-state index contributed by atoms with van der Waals surface area (Å²) in [7, 11) is 0. The van der Waals surface area contributed by atoms with Crippen molar-refractivity contribution in [2.24, 2.45) is 5.41 Å². The lowest BCUT2D eigenvalue weighted by Gasteiger charge is -2.47. The third kappa shape index (κ3) is 2.32. The van der Waals surface area contributed by atoms with Gasteiger partial charge in [0.25, 0.3) is 0 Å². The maximum Gasteiger partial charge on any atom is 0.126 e. The summed E-state index contributed by atoms with van der Waals surface area (Å²) in [5.41, 5.74) is 3.04. The topological polar surface area (TPSA) is 34.1 Å². The first-order valence-electron chi connectivity index (χ1n) is 8.05. The lowest BCUT2D eigenvalue weighted by Crippen LogP contribution is -2.43. The quantitative estimate of drug-likeness (QED) is 0.910. The van der Waals surface area contributed by atoms with Crippen LogP contribution in [0.4, 0.5) is 0 Å². The Hall–Kier alpha value is -1.09. The van der Waals surface area contributed by atoms with E-state index in [-0.39, 0.29) is 0 Å². The van der Waals surface area contributed by atoms with E-state index < -0.39 is 0 Å². The smallest absolute Gasteiger partial charge is 0.126 e. The molecule has 0 aromatic carbocycles. The van der Waals surface area contributed by atoms with Gasteiger partial charge in [-0.05, 0) is 44.2 Å². The van der Waals surface area contributed by atoms with Gasteiger partial charge in [-0.25, -0.2) is 0 Å². The Morgan fingerprint density at radius 1 is 1.35 bits per heavy atom. The molecule has 2 heterocycles. The predicted octanol–water partition coefficient (Wildman–Crippen LogP) is 3.64. The summed E-state index contributed by atoms with van der Waals surface area (Å²) in [4.78, 5) is 4.53.